The third-order valence-corrected chi connectivity index (χ3v) is 6.99. The van der Waals surface area contributed by atoms with Gasteiger partial charge in [-0.15, -0.1) is 0 Å². The number of carboxylic acids is 2. The van der Waals surface area contributed by atoms with Gasteiger partial charge in [-0.25, -0.2) is 0 Å². The maximum atomic E-state index is 11.3. The summed E-state index contributed by atoms with van der Waals surface area (Å²) in [5, 5.41) is 73.3. The summed E-state index contributed by atoms with van der Waals surface area (Å²) in [4.78, 5) is 22.1. The number of unbranched alkanes of at least 4 members (excludes halogenated alkanes) is 3. The lowest BCUT2D eigenvalue weighted by atomic mass is 9.89. The van der Waals surface area contributed by atoms with Crippen molar-refractivity contribution in [3.05, 3.63) is 24.3 Å². The highest BCUT2D eigenvalue weighted by atomic mass is 16.7. The highest BCUT2D eigenvalue weighted by molar-refractivity contribution is 5.71. The van der Waals surface area contributed by atoms with E-state index in [2.05, 4.69) is 13.0 Å². The molecule has 0 radical (unpaired) electrons. The summed E-state index contributed by atoms with van der Waals surface area (Å²) in [6.45, 7) is 2.13. The molecular weight excluding hydrogens is 488 g/mol. The number of hydrogen-bond donors (Lipinski definition) is 5. The lowest BCUT2D eigenvalue weighted by molar-refractivity contribution is -0.351. The molecule has 10 atom stereocenters. The minimum atomic E-state index is -1.95. The van der Waals surface area contributed by atoms with E-state index >= 15 is 0 Å². The summed E-state index contributed by atoms with van der Waals surface area (Å²) >= 11 is 0. The molecule has 2 fully saturated rings. The first-order chi connectivity index (χ1) is 17.6. The van der Waals surface area contributed by atoms with Crippen LogP contribution < -0.4 is 10.2 Å². The summed E-state index contributed by atoms with van der Waals surface area (Å²) in [5.74, 6) is -3.76. The molecule has 0 aromatic carbocycles. The molecule has 1 aliphatic carbocycles. The first kappa shape index (κ1) is 31.4. The lowest BCUT2D eigenvalue weighted by Gasteiger charge is -2.41. The molecule has 1 saturated heterocycles. The first-order valence-electron chi connectivity index (χ1n) is 13.0. The molecule has 1 aliphatic heterocycles. The number of carbonyl (C=O) groups is 2. The first-order valence-corrected chi connectivity index (χ1v) is 13.0. The molecule has 0 bridgehead atoms. The Morgan fingerprint density at radius 2 is 1.73 bits per heavy atom. The van der Waals surface area contributed by atoms with Gasteiger partial charge >= 0.3 is 0 Å². The van der Waals surface area contributed by atoms with Crippen LogP contribution in [0.5, 0.6) is 0 Å². The summed E-state index contributed by atoms with van der Waals surface area (Å²) in [6, 6.07) is 0. The van der Waals surface area contributed by atoms with Crippen molar-refractivity contribution < 1.29 is 54.8 Å². The van der Waals surface area contributed by atoms with Crippen LogP contribution >= 0.6 is 0 Å². The van der Waals surface area contributed by atoms with Crippen LogP contribution in [0, 0.1) is 11.8 Å². The Kier molecular flexibility index (Phi) is 13.2. The second-order valence-electron chi connectivity index (χ2n) is 9.85. The van der Waals surface area contributed by atoms with Crippen LogP contribution in [-0.4, -0.2) is 86.5 Å². The Balaban J connectivity index is 2.12. The van der Waals surface area contributed by atoms with Gasteiger partial charge in [-0.3, -0.25) is 0 Å². The highest BCUT2D eigenvalue weighted by Crippen LogP contribution is 2.36. The van der Waals surface area contributed by atoms with Crippen LogP contribution in [-0.2, 0) is 19.1 Å². The predicted molar refractivity (Wildman–Crippen MR) is 126 cm³/mol. The van der Waals surface area contributed by atoms with Crippen molar-refractivity contribution in [2.45, 2.75) is 114 Å². The van der Waals surface area contributed by atoms with Crippen LogP contribution in [0.25, 0.3) is 0 Å². The maximum Gasteiger partial charge on any atom is 0.187 e. The number of ether oxygens (including phenoxy) is 2. The minimum absolute atomic E-state index is 0.110. The van der Waals surface area contributed by atoms with E-state index in [1.54, 1.807) is 12.2 Å². The van der Waals surface area contributed by atoms with Crippen molar-refractivity contribution in [3.63, 3.8) is 0 Å². The Bertz CT molecular complexity index is 770. The average molecular weight is 529 g/mol. The minimum Gasteiger partial charge on any atom is -0.550 e. The van der Waals surface area contributed by atoms with Crippen molar-refractivity contribution in [2.24, 2.45) is 11.8 Å². The van der Waals surface area contributed by atoms with Crippen LogP contribution in [0.15, 0.2) is 24.3 Å². The molecule has 11 heteroatoms. The summed E-state index contributed by atoms with van der Waals surface area (Å²) in [5.41, 5.74) is 0. The number of aliphatic hydroxyl groups excluding tert-OH is 5. The van der Waals surface area contributed by atoms with E-state index in [1.807, 2.05) is 6.08 Å². The Morgan fingerprint density at radius 3 is 2.38 bits per heavy atom. The Hall–Kier alpha value is -1.86. The van der Waals surface area contributed by atoms with Crippen molar-refractivity contribution in [1.82, 2.24) is 0 Å². The second-order valence-corrected chi connectivity index (χ2v) is 9.85. The van der Waals surface area contributed by atoms with E-state index in [1.165, 1.54) is 0 Å². The van der Waals surface area contributed by atoms with Crippen molar-refractivity contribution in [1.29, 1.82) is 0 Å². The smallest absolute Gasteiger partial charge is 0.187 e. The van der Waals surface area contributed by atoms with Gasteiger partial charge in [0.25, 0.3) is 0 Å². The van der Waals surface area contributed by atoms with Crippen LogP contribution in [0.4, 0.5) is 0 Å². The molecule has 37 heavy (non-hydrogen) atoms. The number of carbonyl (C=O) groups excluding carboxylic acids is 2. The molecule has 1 heterocycles. The fourth-order valence-corrected chi connectivity index (χ4v) is 4.83. The van der Waals surface area contributed by atoms with Crippen LogP contribution in [0.3, 0.4) is 0 Å². The van der Waals surface area contributed by atoms with Gasteiger partial charge in [-0.05, 0) is 44.4 Å². The molecular formula is C26H40O11-2. The number of hydrogen-bond acceptors (Lipinski definition) is 11. The van der Waals surface area contributed by atoms with E-state index < -0.39 is 66.9 Å². The zero-order chi connectivity index (χ0) is 27.5. The van der Waals surface area contributed by atoms with Crippen molar-refractivity contribution >= 4 is 11.9 Å². The topological polar surface area (TPSA) is 200 Å². The molecule has 2 rings (SSSR count). The quantitative estimate of drug-likeness (QED) is 0.120. The molecule has 0 aromatic rings. The Morgan fingerprint density at radius 1 is 1.00 bits per heavy atom. The van der Waals surface area contributed by atoms with Gasteiger partial charge in [0.2, 0.25) is 0 Å². The molecule has 0 amide bonds. The number of aliphatic hydroxyl groups is 5. The van der Waals surface area contributed by atoms with Gasteiger partial charge < -0.3 is 54.8 Å². The van der Waals surface area contributed by atoms with Gasteiger partial charge in [0.1, 0.15) is 24.4 Å². The van der Waals surface area contributed by atoms with E-state index in [4.69, 9.17) is 9.47 Å². The van der Waals surface area contributed by atoms with E-state index in [0.717, 1.165) is 25.7 Å². The van der Waals surface area contributed by atoms with Gasteiger partial charge in [-0.2, -0.15) is 0 Å². The Labute approximate surface area is 217 Å². The molecule has 1 saturated carbocycles. The fraction of sp³-hybridized carbons (Fsp3) is 0.769. The SMILES string of the molecule is CCCCC/C=C\C[C@@H]1[C@H](/C=C/[C@@H](CCCC(=O)[O-])OC2OC(C(=O)[O-])[C@H](O)[C@@H](O)[C@@H]2O)[C@@H](O)C[C@H]1O. The van der Waals surface area contributed by atoms with Gasteiger partial charge in [-0.1, -0.05) is 44.1 Å². The van der Waals surface area contributed by atoms with Crippen molar-refractivity contribution in [3.8, 4) is 0 Å². The number of rotatable bonds is 15. The van der Waals surface area contributed by atoms with Gasteiger partial charge in [0.15, 0.2) is 6.29 Å². The normalized spacial score (nSPS) is 35.4. The van der Waals surface area contributed by atoms with Gasteiger partial charge in [0, 0.05) is 18.3 Å². The maximum absolute atomic E-state index is 11.3. The van der Waals surface area contributed by atoms with E-state index in [-0.39, 0.29) is 31.6 Å². The fourth-order valence-electron chi connectivity index (χ4n) is 4.83. The average Bonchev–Trinajstić information content (AvgIpc) is 3.11. The summed E-state index contributed by atoms with van der Waals surface area (Å²) in [6.07, 6.45) is 0.610. The molecule has 11 nitrogen and oxygen atoms in total. The van der Waals surface area contributed by atoms with E-state index in [0.29, 0.717) is 6.42 Å². The second kappa shape index (κ2) is 15.5. The largest absolute Gasteiger partial charge is 0.550 e. The molecule has 212 valence electrons. The van der Waals surface area contributed by atoms with Gasteiger partial charge in [0.05, 0.1) is 24.3 Å². The number of allylic oxidation sites excluding steroid dienone is 2. The van der Waals surface area contributed by atoms with Crippen molar-refractivity contribution in [2.75, 3.05) is 0 Å². The van der Waals surface area contributed by atoms with Crippen LogP contribution in [0.1, 0.15) is 64.7 Å². The molecule has 2 unspecified atom stereocenters. The lowest BCUT2D eigenvalue weighted by Crippen LogP contribution is -2.63. The molecule has 5 N–H and O–H groups in total. The standard InChI is InChI=1S/C26H42O11/c1-2-3-4-5-6-7-10-16-17(19(28)14-18(16)27)13-12-15(9-8-11-20(29)30)36-26-23(33)21(31)22(32)24(37-26)25(34)35/h6-7,12-13,15-19,21-24,26-28,31-33H,2-5,8-11,14H2,1H3,(H,29,30)(H,34,35)/p-2/b7-6-,13-12+/t15-,16-,17+,18-,19+,21-,22-,23+,24?,26?/m1/s1. The molecule has 0 spiro atoms. The zero-order valence-corrected chi connectivity index (χ0v) is 21.1. The predicted octanol–water partition coefficient (Wildman–Crippen LogP) is -1.71. The molecule has 0 aromatic heterocycles. The van der Waals surface area contributed by atoms with E-state index in [9.17, 15) is 45.3 Å². The number of aliphatic carboxylic acids is 2. The zero-order valence-electron chi connectivity index (χ0n) is 21.1. The third kappa shape index (κ3) is 9.43. The summed E-state index contributed by atoms with van der Waals surface area (Å²) < 4.78 is 10.8. The van der Waals surface area contributed by atoms with Crippen LogP contribution in [0.2, 0.25) is 0 Å². The highest BCUT2D eigenvalue weighted by Gasteiger charge is 2.45. The third-order valence-electron chi connectivity index (χ3n) is 6.99. The summed E-state index contributed by atoms with van der Waals surface area (Å²) in [7, 11) is 0. The molecule has 2 aliphatic rings. The monoisotopic (exact) mass is 528 g/mol. The number of carboxylic acid groups (broad SMARTS) is 2.